The van der Waals surface area contributed by atoms with Gasteiger partial charge in [-0.2, -0.15) is 4.98 Å². The molecule has 2 rings (SSSR count). The Balaban J connectivity index is 2.16. The fourth-order valence-corrected chi connectivity index (χ4v) is 2.03. The molecule has 0 bridgehead atoms. The quantitative estimate of drug-likeness (QED) is 0.620. The lowest BCUT2D eigenvalue weighted by Crippen LogP contribution is -2.04. The molecule has 1 heterocycles. The molecule has 0 saturated heterocycles. The normalized spacial score (nSPS) is 10.2. The number of aromatic nitrogens is 2. The number of nitrogens with zero attached hydrogens (tertiary/aromatic N) is 2. The van der Waals surface area contributed by atoms with E-state index in [1.807, 2.05) is 30.5 Å². The molecule has 0 aliphatic heterocycles. The molecule has 0 spiro atoms. The number of anilines is 1. The van der Waals surface area contributed by atoms with Crippen LogP contribution in [-0.2, 0) is 0 Å². The van der Waals surface area contributed by atoms with Gasteiger partial charge in [-0.15, -0.1) is 0 Å². The zero-order valence-electron chi connectivity index (χ0n) is 12.4. The number of benzene rings is 1. The van der Waals surface area contributed by atoms with Gasteiger partial charge in [0.1, 0.15) is 17.3 Å². The van der Waals surface area contributed by atoms with E-state index < -0.39 is 0 Å². The van der Waals surface area contributed by atoms with Crippen LogP contribution in [0.1, 0.15) is 13.3 Å². The number of methoxy groups -OCH3 is 1. The molecule has 1 aromatic carbocycles. The Labute approximate surface area is 129 Å². The maximum absolute atomic E-state index is 5.78. The SMILES string of the molecule is CCCNc1cc(Oc2ccc(OC)cc2)nc(SC)n1. The summed E-state index contributed by atoms with van der Waals surface area (Å²) in [6.07, 6.45) is 2.98. The second kappa shape index (κ2) is 7.73. The third-order valence-electron chi connectivity index (χ3n) is 2.70. The Morgan fingerprint density at radius 2 is 1.86 bits per heavy atom. The lowest BCUT2D eigenvalue weighted by molar-refractivity contribution is 0.412. The van der Waals surface area contributed by atoms with Crippen molar-refractivity contribution in [3.63, 3.8) is 0 Å². The molecule has 0 unspecified atom stereocenters. The monoisotopic (exact) mass is 305 g/mol. The highest BCUT2D eigenvalue weighted by molar-refractivity contribution is 7.98. The van der Waals surface area contributed by atoms with Crippen molar-refractivity contribution in [1.29, 1.82) is 0 Å². The van der Waals surface area contributed by atoms with Gasteiger partial charge in [0.2, 0.25) is 5.88 Å². The number of nitrogens with one attached hydrogen (secondary N) is 1. The predicted octanol–water partition coefficient (Wildman–Crippen LogP) is 3.82. The summed E-state index contributed by atoms with van der Waals surface area (Å²) in [6.45, 7) is 2.98. The molecule has 112 valence electrons. The summed E-state index contributed by atoms with van der Waals surface area (Å²) in [5.74, 6) is 2.81. The molecule has 0 radical (unpaired) electrons. The molecule has 5 nitrogen and oxygen atoms in total. The van der Waals surface area contributed by atoms with Gasteiger partial charge in [-0.1, -0.05) is 18.7 Å². The van der Waals surface area contributed by atoms with Crippen molar-refractivity contribution in [2.24, 2.45) is 0 Å². The molecule has 0 saturated carbocycles. The topological polar surface area (TPSA) is 56.3 Å². The van der Waals surface area contributed by atoms with Crippen LogP contribution >= 0.6 is 11.8 Å². The summed E-state index contributed by atoms with van der Waals surface area (Å²) in [6, 6.07) is 9.20. The van der Waals surface area contributed by atoms with E-state index >= 15 is 0 Å². The average Bonchev–Trinajstić information content (AvgIpc) is 2.53. The molecule has 6 heteroatoms. The van der Waals surface area contributed by atoms with Crippen LogP contribution in [0.25, 0.3) is 0 Å². The van der Waals surface area contributed by atoms with Crippen molar-refractivity contribution in [3.8, 4) is 17.4 Å². The third kappa shape index (κ3) is 4.53. The molecule has 0 aliphatic carbocycles. The molecular weight excluding hydrogens is 286 g/mol. The van der Waals surface area contributed by atoms with Gasteiger partial charge < -0.3 is 14.8 Å². The highest BCUT2D eigenvalue weighted by Crippen LogP contribution is 2.25. The van der Waals surface area contributed by atoms with E-state index in [4.69, 9.17) is 9.47 Å². The van der Waals surface area contributed by atoms with Crippen molar-refractivity contribution in [2.75, 3.05) is 25.2 Å². The second-order valence-corrected chi connectivity index (χ2v) is 5.06. The van der Waals surface area contributed by atoms with Gasteiger partial charge in [-0.05, 0) is 36.9 Å². The number of thioether (sulfide) groups is 1. The van der Waals surface area contributed by atoms with E-state index in [1.165, 1.54) is 11.8 Å². The van der Waals surface area contributed by atoms with E-state index in [-0.39, 0.29) is 0 Å². The third-order valence-corrected chi connectivity index (χ3v) is 3.25. The largest absolute Gasteiger partial charge is 0.497 e. The van der Waals surface area contributed by atoms with Crippen LogP contribution in [0.2, 0.25) is 0 Å². The van der Waals surface area contributed by atoms with Gasteiger partial charge >= 0.3 is 0 Å². The Morgan fingerprint density at radius 1 is 1.14 bits per heavy atom. The maximum atomic E-state index is 5.78. The first-order valence-corrected chi connectivity index (χ1v) is 7.96. The maximum Gasteiger partial charge on any atom is 0.225 e. The van der Waals surface area contributed by atoms with Crippen LogP contribution < -0.4 is 14.8 Å². The molecule has 0 aliphatic rings. The van der Waals surface area contributed by atoms with E-state index in [9.17, 15) is 0 Å². The van der Waals surface area contributed by atoms with Crippen LogP contribution in [-0.4, -0.2) is 29.9 Å². The van der Waals surface area contributed by atoms with E-state index in [0.717, 1.165) is 24.5 Å². The summed E-state index contributed by atoms with van der Waals surface area (Å²) >= 11 is 1.48. The van der Waals surface area contributed by atoms with Gasteiger partial charge in [-0.25, -0.2) is 4.98 Å². The molecular formula is C15H19N3O2S. The van der Waals surface area contributed by atoms with E-state index in [0.29, 0.717) is 16.8 Å². The lowest BCUT2D eigenvalue weighted by atomic mass is 10.3. The fourth-order valence-electron chi connectivity index (χ4n) is 1.66. The standard InChI is InChI=1S/C15H19N3O2S/c1-4-9-16-13-10-14(18-15(17-13)21-3)20-12-7-5-11(19-2)6-8-12/h5-8,10H,4,9H2,1-3H3,(H,16,17,18). The molecule has 21 heavy (non-hydrogen) atoms. The van der Waals surface area contributed by atoms with Crippen LogP contribution in [0.3, 0.4) is 0 Å². The summed E-state index contributed by atoms with van der Waals surface area (Å²) in [5, 5.41) is 3.93. The summed E-state index contributed by atoms with van der Waals surface area (Å²) < 4.78 is 10.9. The van der Waals surface area contributed by atoms with Crippen LogP contribution in [0, 0.1) is 0 Å². The first kappa shape index (κ1) is 15.4. The summed E-state index contributed by atoms with van der Waals surface area (Å²) in [7, 11) is 1.64. The van der Waals surface area contributed by atoms with Crippen molar-refractivity contribution in [3.05, 3.63) is 30.3 Å². The van der Waals surface area contributed by atoms with Crippen molar-refractivity contribution in [1.82, 2.24) is 9.97 Å². The number of hydrogen-bond donors (Lipinski definition) is 1. The second-order valence-electron chi connectivity index (χ2n) is 4.28. The van der Waals surface area contributed by atoms with Gasteiger partial charge in [0.15, 0.2) is 5.16 Å². The Bertz CT molecular complexity index is 576. The zero-order valence-corrected chi connectivity index (χ0v) is 13.2. The van der Waals surface area contributed by atoms with E-state index in [1.54, 1.807) is 13.2 Å². The minimum atomic E-state index is 0.526. The van der Waals surface area contributed by atoms with E-state index in [2.05, 4.69) is 22.2 Å². The molecule has 0 fully saturated rings. The Hall–Kier alpha value is -1.95. The van der Waals surface area contributed by atoms with Crippen molar-refractivity contribution >= 4 is 17.6 Å². The highest BCUT2D eigenvalue weighted by atomic mass is 32.2. The first-order chi connectivity index (χ1) is 10.2. The molecule has 1 N–H and O–H groups in total. The molecule has 0 amide bonds. The minimum absolute atomic E-state index is 0.526. The first-order valence-electron chi connectivity index (χ1n) is 6.74. The highest BCUT2D eigenvalue weighted by Gasteiger charge is 2.06. The van der Waals surface area contributed by atoms with Gasteiger partial charge in [0, 0.05) is 12.6 Å². The van der Waals surface area contributed by atoms with Gasteiger partial charge in [0.05, 0.1) is 7.11 Å². The Kier molecular flexibility index (Phi) is 5.68. The fraction of sp³-hybridized carbons (Fsp3) is 0.333. The molecule has 1 aromatic heterocycles. The summed E-state index contributed by atoms with van der Waals surface area (Å²) in [5.41, 5.74) is 0. The number of ether oxygens (including phenoxy) is 2. The summed E-state index contributed by atoms with van der Waals surface area (Å²) in [4.78, 5) is 8.76. The van der Waals surface area contributed by atoms with Crippen molar-refractivity contribution < 1.29 is 9.47 Å². The van der Waals surface area contributed by atoms with Crippen LogP contribution in [0.5, 0.6) is 17.4 Å². The molecule has 2 aromatic rings. The van der Waals surface area contributed by atoms with Crippen molar-refractivity contribution in [2.45, 2.75) is 18.5 Å². The smallest absolute Gasteiger partial charge is 0.225 e. The number of rotatable bonds is 7. The lowest BCUT2D eigenvalue weighted by Gasteiger charge is -2.09. The molecule has 0 atom stereocenters. The van der Waals surface area contributed by atoms with Gasteiger partial charge in [0.25, 0.3) is 0 Å². The zero-order chi connectivity index (χ0) is 15.1. The van der Waals surface area contributed by atoms with Crippen LogP contribution in [0.15, 0.2) is 35.5 Å². The average molecular weight is 305 g/mol. The minimum Gasteiger partial charge on any atom is -0.497 e. The predicted molar refractivity (Wildman–Crippen MR) is 85.7 cm³/mol. The Morgan fingerprint density at radius 3 is 2.48 bits per heavy atom. The van der Waals surface area contributed by atoms with Gasteiger partial charge in [-0.3, -0.25) is 0 Å². The van der Waals surface area contributed by atoms with Crippen LogP contribution in [0.4, 0.5) is 5.82 Å². The number of hydrogen-bond acceptors (Lipinski definition) is 6.